The van der Waals surface area contributed by atoms with Crippen LogP contribution in [0, 0.1) is 0 Å². The second-order valence-corrected chi connectivity index (χ2v) is 12.0. The monoisotopic (exact) mass is 592 g/mol. The molecule has 5 aliphatic rings. The number of rotatable bonds is 2. The van der Waals surface area contributed by atoms with Gasteiger partial charge in [-0.2, -0.15) is 0 Å². The molecule has 0 fully saturated rings. The minimum absolute atomic E-state index is 0.0215. The van der Waals surface area contributed by atoms with Crippen LogP contribution in [0.2, 0.25) is 0 Å². The largest absolute Gasteiger partial charge is 0.493 e. The fourth-order valence-electron chi connectivity index (χ4n) is 7.08. The van der Waals surface area contributed by atoms with Crippen molar-refractivity contribution in [1.29, 1.82) is 0 Å². The Morgan fingerprint density at radius 1 is 0.750 bits per heavy atom. The molecule has 0 radical (unpaired) electrons. The molecule has 9 rings (SSSR count). The minimum Gasteiger partial charge on any atom is -0.493 e. The summed E-state index contributed by atoms with van der Waals surface area (Å²) in [7, 11) is 5.57. The highest BCUT2D eigenvalue weighted by atomic mass is 16.7. The van der Waals surface area contributed by atoms with Crippen LogP contribution in [-0.2, 0) is 25.7 Å². The van der Waals surface area contributed by atoms with Gasteiger partial charge in [-0.15, -0.1) is 0 Å². The van der Waals surface area contributed by atoms with E-state index in [9.17, 15) is 0 Å². The average Bonchev–Trinajstić information content (AvgIpc) is 3.51. The summed E-state index contributed by atoms with van der Waals surface area (Å²) in [4.78, 5) is 2.42. The van der Waals surface area contributed by atoms with Gasteiger partial charge in [0, 0.05) is 24.2 Å². The van der Waals surface area contributed by atoms with E-state index in [4.69, 9.17) is 28.4 Å². The molecule has 0 aromatic heterocycles. The molecular formula is C36H36N2O6. The maximum absolute atomic E-state index is 6.94. The number of nitrogens with one attached hydrogen (secondary N) is 1. The van der Waals surface area contributed by atoms with Gasteiger partial charge in [-0.3, -0.25) is 4.90 Å². The second kappa shape index (κ2) is 10.9. The minimum atomic E-state index is 0.0215. The number of methoxy groups -OCH3 is 2. The van der Waals surface area contributed by atoms with E-state index in [1.54, 1.807) is 14.2 Å². The van der Waals surface area contributed by atoms with E-state index >= 15 is 0 Å². The van der Waals surface area contributed by atoms with Crippen LogP contribution in [0.15, 0.2) is 60.7 Å². The van der Waals surface area contributed by atoms with Crippen molar-refractivity contribution < 1.29 is 28.4 Å². The van der Waals surface area contributed by atoms with Gasteiger partial charge in [0.25, 0.3) is 0 Å². The third kappa shape index (κ3) is 4.69. The third-order valence-corrected chi connectivity index (χ3v) is 9.39. The Balaban J connectivity index is 1.32. The van der Waals surface area contributed by atoms with E-state index in [2.05, 4.69) is 59.7 Å². The number of fused-ring (bicyclic) bond motifs is 3. The Hall–Kier alpha value is -4.40. The summed E-state index contributed by atoms with van der Waals surface area (Å²) >= 11 is 0. The van der Waals surface area contributed by atoms with Crippen molar-refractivity contribution in [3.8, 4) is 46.0 Å². The Morgan fingerprint density at radius 3 is 2.41 bits per heavy atom. The van der Waals surface area contributed by atoms with Gasteiger partial charge in [-0.25, -0.2) is 0 Å². The maximum atomic E-state index is 6.94. The number of hydrogen-bond acceptors (Lipinski definition) is 8. The molecule has 5 heterocycles. The van der Waals surface area contributed by atoms with Gasteiger partial charge >= 0.3 is 0 Å². The van der Waals surface area contributed by atoms with Crippen molar-refractivity contribution in [2.75, 3.05) is 41.1 Å². The summed E-state index contributed by atoms with van der Waals surface area (Å²) in [6, 6.07) is 21.1. The standard InChI is InChI=1S/C36H36N2O6/c1-38-13-11-23-17-30(40-3)32-19-26(23)28(38)15-22-6-9-29(39-2)31(16-22)43-25-7-4-21(5-8-25)14-27-34-24(10-12-37-27)18-33-35(36(34)44-32)42-20-41-33/h4-9,16-19,27-28,37H,10-15,20H2,1-3H3. The van der Waals surface area contributed by atoms with Crippen LogP contribution in [0.1, 0.15) is 45.5 Å². The van der Waals surface area contributed by atoms with E-state index in [-0.39, 0.29) is 18.9 Å². The molecule has 4 aromatic carbocycles. The number of nitrogens with zero attached hydrogens (tertiary/aromatic N) is 1. The Morgan fingerprint density at radius 2 is 1.57 bits per heavy atom. The van der Waals surface area contributed by atoms with Crippen molar-refractivity contribution in [2.24, 2.45) is 0 Å². The first-order valence-electron chi connectivity index (χ1n) is 15.3. The van der Waals surface area contributed by atoms with Gasteiger partial charge in [0.1, 0.15) is 5.75 Å². The summed E-state index contributed by atoms with van der Waals surface area (Å²) < 4.78 is 36.9. The second-order valence-electron chi connectivity index (χ2n) is 12.0. The molecule has 8 heteroatoms. The van der Waals surface area contributed by atoms with Crippen LogP contribution in [0.5, 0.6) is 46.0 Å². The molecule has 2 atom stereocenters. The van der Waals surface area contributed by atoms with Crippen LogP contribution in [0.25, 0.3) is 0 Å². The lowest BCUT2D eigenvalue weighted by molar-refractivity contribution is 0.171. The van der Waals surface area contributed by atoms with Gasteiger partial charge in [0.05, 0.1) is 14.2 Å². The zero-order valence-electron chi connectivity index (χ0n) is 25.3. The summed E-state index contributed by atoms with van der Waals surface area (Å²) in [6.45, 7) is 1.99. The molecule has 44 heavy (non-hydrogen) atoms. The van der Waals surface area contributed by atoms with Gasteiger partial charge in [0.15, 0.2) is 34.5 Å². The lowest BCUT2D eigenvalue weighted by atomic mass is 9.88. The Kier molecular flexibility index (Phi) is 6.76. The predicted molar refractivity (Wildman–Crippen MR) is 166 cm³/mol. The summed E-state index contributed by atoms with van der Waals surface area (Å²) in [5.74, 6) is 5.65. The van der Waals surface area contributed by atoms with Crippen LogP contribution in [0.3, 0.4) is 0 Å². The zero-order valence-corrected chi connectivity index (χ0v) is 25.3. The molecule has 0 aliphatic carbocycles. The topological polar surface area (TPSA) is 70.7 Å². The van der Waals surface area contributed by atoms with Crippen LogP contribution < -0.4 is 33.7 Å². The van der Waals surface area contributed by atoms with Crippen molar-refractivity contribution in [2.45, 2.75) is 37.8 Å². The Labute approximate surface area is 257 Å². The van der Waals surface area contributed by atoms with E-state index in [0.717, 1.165) is 61.4 Å². The molecule has 8 nitrogen and oxygen atoms in total. The van der Waals surface area contributed by atoms with Crippen molar-refractivity contribution in [1.82, 2.24) is 10.2 Å². The first kappa shape index (κ1) is 27.2. The number of benzene rings is 4. The maximum Gasteiger partial charge on any atom is 0.231 e. The van der Waals surface area contributed by atoms with Gasteiger partial charge < -0.3 is 33.7 Å². The molecule has 0 amide bonds. The molecule has 0 saturated carbocycles. The highest BCUT2D eigenvalue weighted by Crippen LogP contribution is 2.52. The van der Waals surface area contributed by atoms with E-state index < -0.39 is 0 Å². The van der Waals surface area contributed by atoms with Crippen LogP contribution in [-0.4, -0.2) is 46.0 Å². The lowest BCUT2D eigenvalue weighted by Gasteiger charge is -2.36. The summed E-state index contributed by atoms with van der Waals surface area (Å²) in [5, 5.41) is 3.75. The molecule has 0 saturated heterocycles. The molecule has 1 N–H and O–H groups in total. The van der Waals surface area contributed by atoms with E-state index in [1.165, 1.54) is 22.3 Å². The fourth-order valence-corrected chi connectivity index (χ4v) is 7.08. The van der Waals surface area contributed by atoms with Crippen LogP contribution in [0.4, 0.5) is 0 Å². The molecule has 5 aliphatic heterocycles. The smallest absolute Gasteiger partial charge is 0.231 e. The molecule has 4 aromatic rings. The van der Waals surface area contributed by atoms with Gasteiger partial charge in [-0.1, -0.05) is 18.2 Å². The van der Waals surface area contributed by atoms with Crippen LogP contribution >= 0.6 is 0 Å². The van der Waals surface area contributed by atoms with Crippen molar-refractivity contribution >= 4 is 0 Å². The molecular weight excluding hydrogens is 556 g/mol. The number of ether oxygens (including phenoxy) is 6. The highest BCUT2D eigenvalue weighted by Gasteiger charge is 2.34. The Bertz CT molecular complexity index is 1740. The molecule has 0 spiro atoms. The van der Waals surface area contributed by atoms with Crippen molar-refractivity contribution in [3.63, 3.8) is 0 Å². The quantitative estimate of drug-likeness (QED) is 0.282. The van der Waals surface area contributed by atoms with Crippen molar-refractivity contribution in [3.05, 3.63) is 94.0 Å². The summed E-state index contributed by atoms with van der Waals surface area (Å²) in [6.07, 6.45) is 3.38. The van der Waals surface area contributed by atoms with E-state index in [1.807, 2.05) is 18.2 Å². The molecule has 2 unspecified atom stereocenters. The van der Waals surface area contributed by atoms with E-state index in [0.29, 0.717) is 34.5 Å². The van der Waals surface area contributed by atoms with Gasteiger partial charge in [0.2, 0.25) is 12.5 Å². The number of hydrogen-bond donors (Lipinski definition) is 1. The average molecular weight is 593 g/mol. The first-order valence-corrected chi connectivity index (χ1v) is 15.3. The summed E-state index contributed by atoms with van der Waals surface area (Å²) in [5.41, 5.74) is 7.17. The SMILES string of the molecule is COc1ccc2cc1Oc1ccc(cc1)CC1NCCc3cc4c(c(c31)Oc1cc3c(cc1OC)CCN(C)C3C2)OCO4. The fraction of sp³-hybridized carbons (Fsp3) is 0.333. The van der Waals surface area contributed by atoms with Gasteiger partial charge in [-0.05, 0) is 110 Å². The number of likely N-dealkylation sites (N-methyl/N-ethyl adjacent to an activating group) is 1. The predicted octanol–water partition coefficient (Wildman–Crippen LogP) is 6.53. The molecule has 6 bridgehead atoms. The molecule has 226 valence electrons. The highest BCUT2D eigenvalue weighted by molar-refractivity contribution is 5.64. The first-order chi connectivity index (χ1) is 21.6. The zero-order chi connectivity index (χ0) is 29.8. The lowest BCUT2D eigenvalue weighted by Crippen LogP contribution is -2.33. The normalized spacial score (nSPS) is 20.1. The third-order valence-electron chi connectivity index (χ3n) is 9.39.